The van der Waals surface area contributed by atoms with E-state index in [0.717, 1.165) is 36.9 Å². The summed E-state index contributed by atoms with van der Waals surface area (Å²) in [5, 5.41) is 5.75. The van der Waals surface area contributed by atoms with Crippen molar-refractivity contribution in [1.82, 2.24) is 9.88 Å². The highest BCUT2D eigenvalue weighted by atomic mass is 35.5. The van der Waals surface area contributed by atoms with Crippen molar-refractivity contribution in [3.63, 3.8) is 0 Å². The molecule has 2 atom stereocenters. The van der Waals surface area contributed by atoms with Gasteiger partial charge in [-0.3, -0.25) is 19.3 Å². The first kappa shape index (κ1) is 19.1. The zero-order valence-electron chi connectivity index (χ0n) is 15.2. The van der Waals surface area contributed by atoms with Gasteiger partial charge >= 0.3 is 0 Å². The standard InChI is InChI=1S/C20H20ClN3O3S/c21-13-7-5-12(6-8-13)16-11-28-20(22-16)23-17(25)9-10-24-18(26)14-3-1-2-4-15(14)19(24)27/h5-8,11,14-15H,1-4,9-10H2,(H,22,23,25)/t14-,15-/m0/s1. The summed E-state index contributed by atoms with van der Waals surface area (Å²) >= 11 is 7.22. The van der Waals surface area contributed by atoms with Crippen LogP contribution < -0.4 is 5.32 Å². The largest absolute Gasteiger partial charge is 0.302 e. The summed E-state index contributed by atoms with van der Waals surface area (Å²) in [7, 11) is 0. The Balaban J connectivity index is 1.33. The van der Waals surface area contributed by atoms with E-state index < -0.39 is 0 Å². The number of amides is 3. The summed E-state index contributed by atoms with van der Waals surface area (Å²) in [6, 6.07) is 7.31. The van der Waals surface area contributed by atoms with Gasteiger partial charge in [0.25, 0.3) is 0 Å². The number of carbonyl (C=O) groups is 3. The highest BCUT2D eigenvalue weighted by molar-refractivity contribution is 7.14. The van der Waals surface area contributed by atoms with Crippen LogP contribution in [0.3, 0.4) is 0 Å². The molecule has 3 amide bonds. The molecule has 1 aliphatic heterocycles. The fourth-order valence-electron chi connectivity index (χ4n) is 3.93. The van der Waals surface area contributed by atoms with Crippen LogP contribution in [0.15, 0.2) is 29.6 Å². The van der Waals surface area contributed by atoms with Gasteiger partial charge in [0.2, 0.25) is 17.7 Å². The maximum absolute atomic E-state index is 12.5. The van der Waals surface area contributed by atoms with Gasteiger partial charge in [-0.2, -0.15) is 0 Å². The fraction of sp³-hybridized carbons (Fsp3) is 0.400. The predicted molar refractivity (Wildman–Crippen MR) is 108 cm³/mol. The van der Waals surface area contributed by atoms with Crippen molar-refractivity contribution >= 4 is 45.8 Å². The summed E-state index contributed by atoms with van der Waals surface area (Å²) < 4.78 is 0. The Morgan fingerprint density at radius 1 is 1.14 bits per heavy atom. The van der Waals surface area contributed by atoms with Crippen molar-refractivity contribution in [3.8, 4) is 11.3 Å². The maximum Gasteiger partial charge on any atom is 0.233 e. The van der Waals surface area contributed by atoms with Crippen LogP contribution in [-0.4, -0.2) is 34.2 Å². The molecule has 0 radical (unpaired) electrons. The minimum Gasteiger partial charge on any atom is -0.302 e. The van der Waals surface area contributed by atoms with Crippen molar-refractivity contribution in [2.75, 3.05) is 11.9 Å². The molecule has 8 heteroatoms. The SMILES string of the molecule is O=C(CCN1C(=O)[C@H]2CCCC[C@@H]2C1=O)Nc1nc(-c2ccc(Cl)cc2)cs1. The summed E-state index contributed by atoms with van der Waals surface area (Å²) in [4.78, 5) is 42.9. The Bertz CT molecular complexity index is 888. The molecular weight excluding hydrogens is 398 g/mol. The van der Waals surface area contributed by atoms with Crippen LogP contribution in [0, 0.1) is 11.8 Å². The fourth-order valence-corrected chi connectivity index (χ4v) is 4.79. The molecule has 1 N–H and O–H groups in total. The monoisotopic (exact) mass is 417 g/mol. The Labute approximate surface area is 171 Å². The molecule has 2 fully saturated rings. The van der Waals surface area contributed by atoms with Crippen molar-refractivity contribution in [2.24, 2.45) is 11.8 Å². The minimum atomic E-state index is -0.257. The Morgan fingerprint density at radius 3 is 2.43 bits per heavy atom. The van der Waals surface area contributed by atoms with E-state index in [1.165, 1.54) is 16.2 Å². The summed E-state index contributed by atoms with van der Waals surface area (Å²) in [5.41, 5.74) is 1.67. The Kier molecular flexibility index (Phi) is 5.46. The third-order valence-electron chi connectivity index (χ3n) is 5.39. The number of halogens is 1. The van der Waals surface area contributed by atoms with E-state index >= 15 is 0 Å². The number of fused-ring (bicyclic) bond motifs is 1. The zero-order valence-corrected chi connectivity index (χ0v) is 16.8. The summed E-state index contributed by atoms with van der Waals surface area (Å²) in [5.74, 6) is -0.827. The van der Waals surface area contributed by atoms with Gasteiger partial charge in [-0.05, 0) is 25.0 Å². The number of hydrogen-bond acceptors (Lipinski definition) is 5. The smallest absolute Gasteiger partial charge is 0.233 e. The average Bonchev–Trinajstić information content (AvgIpc) is 3.25. The first-order valence-electron chi connectivity index (χ1n) is 9.39. The lowest BCUT2D eigenvalue weighted by atomic mass is 9.81. The summed E-state index contributed by atoms with van der Waals surface area (Å²) in [6.45, 7) is 0.131. The zero-order chi connectivity index (χ0) is 19.7. The van der Waals surface area contributed by atoms with E-state index in [1.807, 2.05) is 17.5 Å². The molecule has 1 aromatic heterocycles. The van der Waals surface area contributed by atoms with Crippen LogP contribution in [0.2, 0.25) is 5.02 Å². The summed E-state index contributed by atoms with van der Waals surface area (Å²) in [6.07, 6.45) is 3.63. The van der Waals surface area contributed by atoms with E-state index in [9.17, 15) is 14.4 Å². The molecule has 28 heavy (non-hydrogen) atoms. The van der Waals surface area contributed by atoms with E-state index in [4.69, 9.17) is 11.6 Å². The highest BCUT2D eigenvalue weighted by Gasteiger charge is 2.47. The van der Waals surface area contributed by atoms with Gasteiger partial charge in [0.15, 0.2) is 5.13 Å². The van der Waals surface area contributed by atoms with Crippen LogP contribution >= 0.6 is 22.9 Å². The van der Waals surface area contributed by atoms with Crippen molar-refractivity contribution in [3.05, 3.63) is 34.7 Å². The molecule has 2 aromatic rings. The number of benzene rings is 1. The van der Waals surface area contributed by atoms with Crippen LogP contribution in [0.4, 0.5) is 5.13 Å². The molecule has 4 rings (SSSR count). The topological polar surface area (TPSA) is 79.4 Å². The predicted octanol–water partition coefficient (Wildman–Crippen LogP) is 3.97. The molecule has 2 heterocycles. The molecule has 1 aromatic carbocycles. The normalized spacial score (nSPS) is 21.7. The second-order valence-corrected chi connectivity index (χ2v) is 8.46. The molecular formula is C20H20ClN3O3S. The highest BCUT2D eigenvalue weighted by Crippen LogP contribution is 2.38. The van der Waals surface area contributed by atoms with Crippen LogP contribution in [0.5, 0.6) is 0 Å². The van der Waals surface area contributed by atoms with Gasteiger partial charge < -0.3 is 5.32 Å². The molecule has 0 spiro atoms. The number of carbonyl (C=O) groups excluding carboxylic acids is 3. The number of anilines is 1. The molecule has 1 saturated heterocycles. The van der Waals surface area contributed by atoms with Gasteiger partial charge in [-0.25, -0.2) is 4.98 Å². The molecule has 0 unspecified atom stereocenters. The average molecular weight is 418 g/mol. The molecule has 1 saturated carbocycles. The maximum atomic E-state index is 12.5. The van der Waals surface area contributed by atoms with Gasteiger partial charge in [0.05, 0.1) is 17.5 Å². The lowest BCUT2D eigenvalue weighted by molar-refractivity contribution is -0.140. The first-order chi connectivity index (χ1) is 13.5. The van der Waals surface area contributed by atoms with E-state index in [1.54, 1.807) is 12.1 Å². The van der Waals surface area contributed by atoms with Crippen LogP contribution in [0.25, 0.3) is 11.3 Å². The third kappa shape index (κ3) is 3.82. The van der Waals surface area contributed by atoms with Crippen LogP contribution in [-0.2, 0) is 14.4 Å². The Morgan fingerprint density at radius 2 is 1.79 bits per heavy atom. The second-order valence-electron chi connectivity index (χ2n) is 7.17. The minimum absolute atomic E-state index is 0.0762. The third-order valence-corrected chi connectivity index (χ3v) is 6.40. The molecule has 6 nitrogen and oxygen atoms in total. The van der Waals surface area contributed by atoms with E-state index in [-0.39, 0.29) is 42.5 Å². The van der Waals surface area contributed by atoms with Gasteiger partial charge in [-0.1, -0.05) is 36.6 Å². The van der Waals surface area contributed by atoms with Gasteiger partial charge in [-0.15, -0.1) is 11.3 Å². The van der Waals surface area contributed by atoms with Gasteiger partial charge in [0, 0.05) is 28.9 Å². The quantitative estimate of drug-likeness (QED) is 0.746. The second kappa shape index (κ2) is 8.01. The van der Waals surface area contributed by atoms with Gasteiger partial charge in [0.1, 0.15) is 0 Å². The van der Waals surface area contributed by atoms with Crippen LogP contribution in [0.1, 0.15) is 32.1 Å². The number of rotatable bonds is 5. The lowest BCUT2D eigenvalue weighted by Crippen LogP contribution is -2.34. The number of hydrogen-bond donors (Lipinski definition) is 1. The first-order valence-corrected chi connectivity index (χ1v) is 10.7. The number of aromatic nitrogens is 1. The number of nitrogens with zero attached hydrogens (tertiary/aromatic N) is 2. The molecule has 146 valence electrons. The number of thiazole rings is 1. The van der Waals surface area contributed by atoms with E-state index in [2.05, 4.69) is 10.3 Å². The van der Waals surface area contributed by atoms with Crippen molar-refractivity contribution in [1.29, 1.82) is 0 Å². The van der Waals surface area contributed by atoms with Crippen molar-refractivity contribution in [2.45, 2.75) is 32.1 Å². The lowest BCUT2D eigenvalue weighted by Gasteiger charge is -2.19. The Hall–Kier alpha value is -2.25. The molecule has 2 aliphatic rings. The van der Waals surface area contributed by atoms with Crippen molar-refractivity contribution < 1.29 is 14.4 Å². The number of nitrogens with one attached hydrogen (secondary N) is 1. The van der Waals surface area contributed by atoms with E-state index in [0.29, 0.717) is 10.2 Å². The molecule has 0 bridgehead atoms. The molecule has 1 aliphatic carbocycles. The number of imide groups is 1. The number of likely N-dealkylation sites (tertiary alicyclic amines) is 1.